The van der Waals surface area contributed by atoms with Gasteiger partial charge < -0.3 is 10.6 Å². The number of nitrogens with one attached hydrogen (secondary N) is 2. The highest BCUT2D eigenvalue weighted by atomic mass is 33.1. The van der Waals surface area contributed by atoms with Crippen LogP contribution >= 0.6 is 21.6 Å². The van der Waals surface area contributed by atoms with Crippen LogP contribution in [-0.4, -0.2) is 36.9 Å². The van der Waals surface area contributed by atoms with Gasteiger partial charge in [-0.1, -0.05) is 47.8 Å². The lowest BCUT2D eigenvalue weighted by molar-refractivity contribution is -0.122. The molecule has 0 unspecified atom stereocenters. The van der Waals surface area contributed by atoms with Crippen molar-refractivity contribution in [2.24, 2.45) is 0 Å². The number of hydrogen-bond acceptors (Lipinski definition) is 4. The molecule has 0 aliphatic rings. The van der Waals surface area contributed by atoms with Gasteiger partial charge in [0.2, 0.25) is 11.8 Å². The summed E-state index contributed by atoms with van der Waals surface area (Å²) < 4.78 is 0. The molecule has 2 amide bonds. The maximum absolute atomic E-state index is 11.5. The zero-order valence-electron chi connectivity index (χ0n) is 13.4. The van der Waals surface area contributed by atoms with Crippen LogP contribution < -0.4 is 10.6 Å². The maximum atomic E-state index is 11.5. The third-order valence-corrected chi connectivity index (χ3v) is 4.85. The largest absolute Gasteiger partial charge is 0.356 e. The van der Waals surface area contributed by atoms with E-state index < -0.39 is 0 Å². The van der Waals surface area contributed by atoms with Crippen molar-refractivity contribution in [3.05, 3.63) is 0 Å². The fourth-order valence-electron chi connectivity index (χ4n) is 1.81. The summed E-state index contributed by atoms with van der Waals surface area (Å²) in [7, 11) is 3.40. The second-order valence-corrected chi connectivity index (χ2v) is 7.64. The zero-order chi connectivity index (χ0) is 15.8. The highest BCUT2D eigenvalue weighted by Gasteiger charge is 2.02. The maximum Gasteiger partial charge on any atom is 0.220 e. The van der Waals surface area contributed by atoms with Crippen molar-refractivity contribution >= 4 is 33.4 Å². The standard InChI is InChI=1S/C15H30N2O2S2/c1-3-4-7-11-16-14(18)9-6-5-8-12-17-15(19)10-13-21-20-2/h3-13H2,1-2H3,(H,16,18)(H,17,19). The van der Waals surface area contributed by atoms with E-state index in [-0.39, 0.29) is 11.8 Å². The molecule has 0 aliphatic heterocycles. The SMILES string of the molecule is CCCCCNC(=O)CCCCCNC(=O)CCSSC. The molecular formula is C15H30N2O2S2. The number of carbonyl (C=O) groups is 2. The molecule has 0 saturated heterocycles. The van der Waals surface area contributed by atoms with E-state index >= 15 is 0 Å². The second kappa shape index (κ2) is 16.0. The van der Waals surface area contributed by atoms with E-state index in [0.717, 1.165) is 44.5 Å². The Bertz CT molecular complexity index is 276. The fourth-order valence-corrected chi connectivity index (χ4v) is 3.00. The van der Waals surface area contributed by atoms with E-state index in [1.54, 1.807) is 21.6 Å². The minimum Gasteiger partial charge on any atom is -0.356 e. The molecule has 0 aromatic carbocycles. The topological polar surface area (TPSA) is 58.2 Å². The van der Waals surface area contributed by atoms with Crippen molar-refractivity contribution in [1.82, 2.24) is 10.6 Å². The molecule has 6 heteroatoms. The van der Waals surface area contributed by atoms with Gasteiger partial charge in [-0.25, -0.2) is 0 Å². The molecule has 0 fully saturated rings. The third-order valence-electron chi connectivity index (χ3n) is 3.04. The normalized spacial score (nSPS) is 10.4. The highest BCUT2D eigenvalue weighted by molar-refractivity contribution is 8.76. The van der Waals surface area contributed by atoms with Crippen LogP contribution in [0.5, 0.6) is 0 Å². The summed E-state index contributed by atoms with van der Waals surface area (Å²) in [6.45, 7) is 3.68. The van der Waals surface area contributed by atoms with E-state index in [2.05, 4.69) is 17.6 Å². The van der Waals surface area contributed by atoms with Gasteiger partial charge in [-0.2, -0.15) is 0 Å². The van der Waals surface area contributed by atoms with Crippen LogP contribution in [0.1, 0.15) is 58.3 Å². The first kappa shape index (κ1) is 20.6. The Balaban J connectivity index is 3.27. The van der Waals surface area contributed by atoms with Crippen molar-refractivity contribution in [3.8, 4) is 0 Å². The Morgan fingerprint density at radius 2 is 1.48 bits per heavy atom. The highest BCUT2D eigenvalue weighted by Crippen LogP contribution is 2.17. The lowest BCUT2D eigenvalue weighted by Gasteiger charge is -2.06. The molecule has 0 aromatic rings. The van der Waals surface area contributed by atoms with Crippen LogP contribution in [-0.2, 0) is 9.59 Å². The summed E-state index contributed by atoms with van der Waals surface area (Å²) in [5.74, 6) is 1.15. The van der Waals surface area contributed by atoms with Crippen LogP contribution in [0.3, 0.4) is 0 Å². The monoisotopic (exact) mass is 334 g/mol. The second-order valence-electron chi connectivity index (χ2n) is 4.96. The van der Waals surface area contributed by atoms with E-state index in [0.29, 0.717) is 12.8 Å². The van der Waals surface area contributed by atoms with Gasteiger partial charge >= 0.3 is 0 Å². The van der Waals surface area contributed by atoms with Gasteiger partial charge in [0.15, 0.2) is 0 Å². The smallest absolute Gasteiger partial charge is 0.220 e. The number of carbonyl (C=O) groups excluding carboxylic acids is 2. The van der Waals surface area contributed by atoms with E-state index in [4.69, 9.17) is 0 Å². The third kappa shape index (κ3) is 15.8. The Morgan fingerprint density at radius 3 is 2.10 bits per heavy atom. The average molecular weight is 335 g/mol. The van der Waals surface area contributed by atoms with Crippen LogP contribution in [0.4, 0.5) is 0 Å². The molecule has 0 heterocycles. The summed E-state index contributed by atoms with van der Waals surface area (Å²) in [6.07, 6.45) is 9.47. The van der Waals surface area contributed by atoms with Crippen molar-refractivity contribution in [1.29, 1.82) is 0 Å². The summed E-state index contributed by atoms with van der Waals surface area (Å²) in [6, 6.07) is 0. The van der Waals surface area contributed by atoms with Crippen molar-refractivity contribution < 1.29 is 9.59 Å². The predicted molar refractivity (Wildman–Crippen MR) is 94.6 cm³/mol. The molecular weight excluding hydrogens is 304 g/mol. The number of hydrogen-bond donors (Lipinski definition) is 2. The van der Waals surface area contributed by atoms with Crippen molar-refractivity contribution in [2.75, 3.05) is 25.1 Å². The molecule has 0 radical (unpaired) electrons. The number of unbranched alkanes of at least 4 members (excludes halogenated alkanes) is 4. The molecule has 0 aliphatic carbocycles. The minimum absolute atomic E-state index is 0.130. The molecule has 2 N–H and O–H groups in total. The Kier molecular flexibility index (Phi) is 15.7. The van der Waals surface area contributed by atoms with E-state index in [1.165, 1.54) is 12.8 Å². The molecule has 0 bridgehead atoms. The van der Waals surface area contributed by atoms with E-state index in [1.807, 2.05) is 6.26 Å². The van der Waals surface area contributed by atoms with Crippen molar-refractivity contribution in [3.63, 3.8) is 0 Å². The van der Waals surface area contributed by atoms with Crippen LogP contribution in [0, 0.1) is 0 Å². The van der Waals surface area contributed by atoms with Gasteiger partial charge in [0.1, 0.15) is 0 Å². The lowest BCUT2D eigenvalue weighted by Crippen LogP contribution is -2.25. The summed E-state index contributed by atoms with van der Waals surface area (Å²) in [5.41, 5.74) is 0. The first-order chi connectivity index (χ1) is 10.2. The zero-order valence-corrected chi connectivity index (χ0v) is 15.0. The summed E-state index contributed by atoms with van der Waals surface area (Å²) >= 11 is 0. The molecule has 4 nitrogen and oxygen atoms in total. The molecule has 0 aromatic heterocycles. The molecule has 124 valence electrons. The van der Waals surface area contributed by atoms with Crippen molar-refractivity contribution in [2.45, 2.75) is 58.3 Å². The molecule has 21 heavy (non-hydrogen) atoms. The summed E-state index contributed by atoms with van der Waals surface area (Å²) in [4.78, 5) is 22.9. The van der Waals surface area contributed by atoms with Gasteiger partial charge in [0, 0.05) is 31.7 Å². The first-order valence-electron chi connectivity index (χ1n) is 7.89. The Labute approximate surface area is 137 Å². The van der Waals surface area contributed by atoms with Gasteiger partial charge in [0.05, 0.1) is 0 Å². The molecule has 0 saturated carbocycles. The molecule has 0 rings (SSSR count). The number of amides is 2. The van der Waals surface area contributed by atoms with Gasteiger partial charge in [-0.15, -0.1) is 0 Å². The Morgan fingerprint density at radius 1 is 0.857 bits per heavy atom. The predicted octanol–water partition coefficient (Wildman–Crippen LogP) is 3.37. The molecule has 0 atom stereocenters. The van der Waals surface area contributed by atoms with E-state index in [9.17, 15) is 9.59 Å². The van der Waals surface area contributed by atoms with Gasteiger partial charge in [0.25, 0.3) is 0 Å². The quantitative estimate of drug-likeness (QED) is 0.378. The van der Waals surface area contributed by atoms with Crippen LogP contribution in [0.15, 0.2) is 0 Å². The minimum atomic E-state index is 0.130. The molecule has 0 spiro atoms. The Hall–Kier alpha value is -0.360. The van der Waals surface area contributed by atoms with Gasteiger partial charge in [-0.3, -0.25) is 9.59 Å². The lowest BCUT2D eigenvalue weighted by atomic mass is 10.2. The summed E-state index contributed by atoms with van der Waals surface area (Å²) in [5, 5.41) is 5.86. The fraction of sp³-hybridized carbons (Fsp3) is 0.867. The first-order valence-corrected chi connectivity index (χ1v) is 10.6. The average Bonchev–Trinajstić information content (AvgIpc) is 2.47. The van der Waals surface area contributed by atoms with Crippen LogP contribution in [0.25, 0.3) is 0 Å². The number of rotatable bonds is 14. The van der Waals surface area contributed by atoms with Crippen LogP contribution in [0.2, 0.25) is 0 Å². The van der Waals surface area contributed by atoms with Gasteiger partial charge in [-0.05, 0) is 25.5 Å².